The lowest BCUT2D eigenvalue weighted by atomic mass is 10.2. The maximum Gasteiger partial charge on any atom is 0.269 e. The third kappa shape index (κ3) is 1.94. The molecule has 2 aromatic rings. The van der Waals surface area contributed by atoms with Gasteiger partial charge in [0, 0.05) is 22.6 Å². The molecule has 0 aliphatic rings. The van der Waals surface area contributed by atoms with E-state index < -0.39 is 4.92 Å². The number of nitro groups is 1. The first-order chi connectivity index (χ1) is 7.58. The Bertz CT molecular complexity index is 512. The zero-order valence-corrected chi connectivity index (χ0v) is 9.75. The van der Waals surface area contributed by atoms with Crippen molar-refractivity contribution in [1.82, 2.24) is 4.98 Å². The lowest BCUT2D eigenvalue weighted by Crippen LogP contribution is -1.86. The van der Waals surface area contributed by atoms with Crippen molar-refractivity contribution in [1.29, 1.82) is 0 Å². The summed E-state index contributed by atoms with van der Waals surface area (Å²) in [5.41, 5.74) is 2.04. The van der Waals surface area contributed by atoms with E-state index >= 15 is 0 Å². The molecule has 0 amide bonds. The van der Waals surface area contributed by atoms with Crippen LogP contribution in [0.15, 0.2) is 24.3 Å². The molecule has 0 radical (unpaired) electrons. The first-order valence-corrected chi connectivity index (χ1v) is 5.58. The van der Waals surface area contributed by atoms with Crippen LogP contribution >= 0.6 is 11.3 Å². The molecule has 4 nitrogen and oxygen atoms in total. The number of non-ortho nitro benzene ring substituents is 1. The van der Waals surface area contributed by atoms with Crippen molar-refractivity contribution < 1.29 is 4.92 Å². The van der Waals surface area contributed by atoms with Crippen molar-refractivity contribution >= 4 is 17.0 Å². The normalized spacial score (nSPS) is 10.4. The van der Waals surface area contributed by atoms with Crippen molar-refractivity contribution in [3.63, 3.8) is 0 Å². The van der Waals surface area contributed by atoms with E-state index in [4.69, 9.17) is 0 Å². The molecule has 0 aliphatic carbocycles. The van der Waals surface area contributed by atoms with Crippen LogP contribution in [0, 0.1) is 24.0 Å². The van der Waals surface area contributed by atoms with E-state index in [-0.39, 0.29) is 5.69 Å². The van der Waals surface area contributed by atoms with Gasteiger partial charge in [-0.2, -0.15) is 0 Å². The Hall–Kier alpha value is -1.75. The van der Waals surface area contributed by atoms with Gasteiger partial charge in [-0.15, -0.1) is 11.3 Å². The average Bonchev–Trinajstić information content (AvgIpc) is 2.59. The molecule has 1 heterocycles. The molecule has 0 fully saturated rings. The molecule has 0 aliphatic heterocycles. The first-order valence-electron chi connectivity index (χ1n) is 4.77. The quantitative estimate of drug-likeness (QED) is 0.591. The minimum atomic E-state index is -0.401. The molecule has 16 heavy (non-hydrogen) atoms. The van der Waals surface area contributed by atoms with Gasteiger partial charge < -0.3 is 0 Å². The lowest BCUT2D eigenvalue weighted by Gasteiger charge is -1.95. The number of nitro benzene ring substituents is 1. The molecule has 0 spiro atoms. The topological polar surface area (TPSA) is 56.0 Å². The van der Waals surface area contributed by atoms with Crippen molar-refractivity contribution in [3.05, 3.63) is 45.0 Å². The number of benzene rings is 1. The third-order valence-corrected chi connectivity index (χ3v) is 3.48. The minimum Gasteiger partial charge on any atom is -0.258 e. The van der Waals surface area contributed by atoms with E-state index in [1.54, 1.807) is 23.5 Å². The minimum absolute atomic E-state index is 0.105. The van der Waals surface area contributed by atoms with Crippen LogP contribution in [0.2, 0.25) is 0 Å². The van der Waals surface area contributed by atoms with E-state index in [1.165, 1.54) is 17.0 Å². The predicted octanol–water partition coefficient (Wildman–Crippen LogP) is 3.34. The van der Waals surface area contributed by atoms with Gasteiger partial charge in [0.2, 0.25) is 0 Å². The molecule has 0 saturated heterocycles. The fourth-order valence-corrected chi connectivity index (χ4v) is 2.24. The zero-order valence-electron chi connectivity index (χ0n) is 8.93. The third-order valence-electron chi connectivity index (χ3n) is 2.35. The number of hydrogen-bond donors (Lipinski definition) is 0. The second kappa shape index (κ2) is 4.02. The Balaban J connectivity index is 2.38. The second-order valence-electron chi connectivity index (χ2n) is 3.46. The van der Waals surface area contributed by atoms with Crippen LogP contribution in [-0.2, 0) is 0 Å². The molecule has 0 saturated carbocycles. The fraction of sp³-hybridized carbons (Fsp3) is 0.182. The van der Waals surface area contributed by atoms with E-state index in [1.807, 2.05) is 13.8 Å². The summed E-state index contributed by atoms with van der Waals surface area (Å²) in [6.45, 7) is 3.97. The summed E-state index contributed by atoms with van der Waals surface area (Å²) in [5, 5.41) is 11.4. The lowest BCUT2D eigenvalue weighted by molar-refractivity contribution is -0.384. The van der Waals surface area contributed by atoms with Crippen molar-refractivity contribution in [3.8, 4) is 10.6 Å². The van der Waals surface area contributed by atoms with Gasteiger partial charge in [-0.05, 0) is 26.0 Å². The average molecular weight is 234 g/mol. The summed E-state index contributed by atoms with van der Waals surface area (Å²) in [6, 6.07) is 6.47. The number of hydrogen-bond acceptors (Lipinski definition) is 4. The number of aryl methyl sites for hydroxylation is 2. The van der Waals surface area contributed by atoms with Crippen molar-refractivity contribution in [2.75, 3.05) is 0 Å². The maximum atomic E-state index is 10.5. The van der Waals surface area contributed by atoms with Gasteiger partial charge in [-0.25, -0.2) is 4.98 Å². The zero-order chi connectivity index (χ0) is 11.7. The predicted molar refractivity (Wildman–Crippen MR) is 63.7 cm³/mol. The van der Waals surface area contributed by atoms with Gasteiger partial charge in [0.15, 0.2) is 0 Å². The summed E-state index contributed by atoms with van der Waals surface area (Å²) >= 11 is 1.60. The molecule has 0 N–H and O–H groups in total. The van der Waals surface area contributed by atoms with Crippen LogP contribution in [0.5, 0.6) is 0 Å². The van der Waals surface area contributed by atoms with Crippen molar-refractivity contribution in [2.45, 2.75) is 13.8 Å². The Labute approximate surface area is 96.7 Å². The van der Waals surface area contributed by atoms with E-state index in [0.29, 0.717) is 0 Å². The summed E-state index contributed by atoms with van der Waals surface area (Å²) in [7, 11) is 0. The highest BCUT2D eigenvalue weighted by atomic mass is 32.1. The first kappa shape index (κ1) is 10.8. The van der Waals surface area contributed by atoms with Gasteiger partial charge in [0.05, 0.1) is 10.6 Å². The number of thiazole rings is 1. The standard InChI is InChI=1S/C11H10N2O2S/c1-7-8(2)16-11(12-7)9-3-5-10(6-4-9)13(14)15/h3-6H,1-2H3. The maximum absolute atomic E-state index is 10.5. The van der Waals surface area contributed by atoms with Crippen LogP contribution in [0.3, 0.4) is 0 Å². The summed E-state index contributed by atoms with van der Waals surface area (Å²) in [5.74, 6) is 0. The largest absolute Gasteiger partial charge is 0.269 e. The summed E-state index contributed by atoms with van der Waals surface area (Å²) < 4.78 is 0. The molecular formula is C11H10N2O2S. The Morgan fingerprint density at radius 2 is 1.88 bits per heavy atom. The van der Waals surface area contributed by atoms with Gasteiger partial charge in [-0.3, -0.25) is 10.1 Å². The monoisotopic (exact) mass is 234 g/mol. The molecule has 1 aromatic carbocycles. The molecule has 5 heteroatoms. The molecule has 1 aromatic heterocycles. The van der Waals surface area contributed by atoms with Crippen LogP contribution in [-0.4, -0.2) is 9.91 Å². The Morgan fingerprint density at radius 1 is 1.25 bits per heavy atom. The van der Waals surface area contributed by atoms with Gasteiger partial charge in [0.1, 0.15) is 5.01 Å². The smallest absolute Gasteiger partial charge is 0.258 e. The van der Waals surface area contributed by atoms with Crippen LogP contribution in [0.4, 0.5) is 5.69 Å². The Kier molecular flexibility index (Phi) is 2.70. The molecular weight excluding hydrogens is 224 g/mol. The van der Waals surface area contributed by atoms with Crippen LogP contribution in [0.1, 0.15) is 10.6 Å². The van der Waals surface area contributed by atoms with E-state index in [0.717, 1.165) is 16.3 Å². The summed E-state index contributed by atoms with van der Waals surface area (Å²) in [4.78, 5) is 15.7. The number of rotatable bonds is 2. The van der Waals surface area contributed by atoms with Gasteiger partial charge >= 0.3 is 0 Å². The fourth-order valence-electron chi connectivity index (χ4n) is 1.32. The SMILES string of the molecule is Cc1nc(-c2ccc([N+](=O)[O-])cc2)sc1C. The molecule has 82 valence electrons. The number of aromatic nitrogens is 1. The van der Waals surface area contributed by atoms with Gasteiger partial charge in [0.25, 0.3) is 5.69 Å². The van der Waals surface area contributed by atoms with Gasteiger partial charge in [-0.1, -0.05) is 0 Å². The van der Waals surface area contributed by atoms with Crippen LogP contribution < -0.4 is 0 Å². The van der Waals surface area contributed by atoms with Crippen LogP contribution in [0.25, 0.3) is 10.6 Å². The molecule has 0 bridgehead atoms. The van der Waals surface area contributed by atoms with E-state index in [9.17, 15) is 10.1 Å². The second-order valence-corrected chi connectivity index (χ2v) is 4.67. The highest BCUT2D eigenvalue weighted by Gasteiger charge is 2.08. The summed E-state index contributed by atoms with van der Waals surface area (Å²) in [6.07, 6.45) is 0. The molecule has 0 unspecified atom stereocenters. The van der Waals surface area contributed by atoms with E-state index in [2.05, 4.69) is 4.98 Å². The number of nitrogens with zero attached hydrogens (tertiary/aromatic N) is 2. The molecule has 2 rings (SSSR count). The Morgan fingerprint density at radius 3 is 2.31 bits per heavy atom. The highest BCUT2D eigenvalue weighted by Crippen LogP contribution is 2.28. The molecule has 0 atom stereocenters. The highest BCUT2D eigenvalue weighted by molar-refractivity contribution is 7.15. The van der Waals surface area contributed by atoms with Crippen molar-refractivity contribution in [2.24, 2.45) is 0 Å².